The van der Waals surface area contributed by atoms with Crippen molar-refractivity contribution in [2.75, 3.05) is 5.32 Å². The van der Waals surface area contributed by atoms with Crippen molar-refractivity contribution in [2.24, 2.45) is 7.05 Å². The lowest BCUT2D eigenvalue weighted by molar-refractivity contribution is 0.387. The summed E-state index contributed by atoms with van der Waals surface area (Å²) in [5.41, 5.74) is 2.84. The Kier molecular flexibility index (Phi) is 5.58. The van der Waals surface area contributed by atoms with Crippen LogP contribution in [0.5, 0.6) is 0 Å². The molecule has 0 aliphatic carbocycles. The van der Waals surface area contributed by atoms with Crippen LogP contribution >= 0.6 is 0 Å². The molecule has 3 aromatic heterocycles. The molecule has 0 aliphatic rings. The van der Waals surface area contributed by atoms with Crippen LogP contribution in [0, 0.1) is 25.5 Å². The Labute approximate surface area is 203 Å². The highest BCUT2D eigenvalue weighted by Crippen LogP contribution is 2.35. The number of benzene rings is 2. The Bertz CT molecular complexity index is 1750. The topological polar surface area (TPSA) is 106 Å². The second-order valence-electron chi connectivity index (χ2n) is 8.78. The molecule has 2 N–H and O–H groups in total. The third-order valence-corrected chi connectivity index (χ3v) is 6.10. The van der Waals surface area contributed by atoms with Crippen LogP contribution in [-0.2, 0) is 7.05 Å². The summed E-state index contributed by atoms with van der Waals surface area (Å²) in [4.78, 5) is 27.0. The predicted octanol–water partition coefficient (Wildman–Crippen LogP) is 5.21. The summed E-state index contributed by atoms with van der Waals surface area (Å²) in [6.45, 7) is 5.38. The summed E-state index contributed by atoms with van der Waals surface area (Å²) < 4.78 is 41.5. The van der Waals surface area contributed by atoms with Crippen molar-refractivity contribution >= 4 is 16.7 Å². The summed E-state index contributed by atoms with van der Waals surface area (Å²) in [6.07, 6.45) is 3.72. The van der Waals surface area contributed by atoms with Crippen molar-refractivity contribution in [2.45, 2.75) is 26.8 Å². The smallest absolute Gasteiger partial charge is 0.439 e. The first-order valence-electron chi connectivity index (χ1n) is 11.1. The molecule has 0 bridgehead atoms. The molecule has 1 atom stereocenters. The standard InChI is InChI=1S/C26H22F2N4O4/c1-12-9-16(24-17(10-12)22(33)13(2)23(35-24)15-7-8-32(4)11-15)14(3)29-19-6-5-18(27)21(28)20(19)25-30-26(34)36-31-25/h5-11,14,29H,1-4H3,(H,30,31,34)/t14-/m1/s1. The van der Waals surface area contributed by atoms with Gasteiger partial charge in [-0.2, -0.15) is 0 Å². The fraction of sp³-hybridized carbons (Fsp3) is 0.192. The van der Waals surface area contributed by atoms with Gasteiger partial charge in [0.2, 0.25) is 0 Å². The Morgan fingerprint density at radius 3 is 2.58 bits per heavy atom. The minimum Gasteiger partial charge on any atom is -0.455 e. The molecule has 0 saturated heterocycles. The maximum Gasteiger partial charge on any atom is 0.439 e. The lowest BCUT2D eigenvalue weighted by Crippen LogP contribution is -2.13. The van der Waals surface area contributed by atoms with Gasteiger partial charge in [-0.25, -0.2) is 13.6 Å². The van der Waals surface area contributed by atoms with E-state index in [0.717, 1.165) is 17.2 Å². The molecule has 8 nitrogen and oxygen atoms in total. The van der Waals surface area contributed by atoms with Gasteiger partial charge in [0.15, 0.2) is 22.9 Å². The monoisotopic (exact) mass is 492 g/mol. The van der Waals surface area contributed by atoms with Crippen molar-refractivity contribution in [3.8, 4) is 22.7 Å². The molecular weight excluding hydrogens is 470 g/mol. The maximum absolute atomic E-state index is 14.8. The molecule has 36 heavy (non-hydrogen) atoms. The number of rotatable bonds is 5. The molecule has 0 radical (unpaired) electrons. The number of hydrogen-bond donors (Lipinski definition) is 2. The van der Waals surface area contributed by atoms with Crippen LogP contribution in [0.2, 0.25) is 0 Å². The molecule has 3 heterocycles. The van der Waals surface area contributed by atoms with Crippen LogP contribution in [0.3, 0.4) is 0 Å². The molecule has 0 saturated carbocycles. The lowest BCUT2D eigenvalue weighted by atomic mass is 9.99. The van der Waals surface area contributed by atoms with Crippen LogP contribution in [0.15, 0.2) is 61.3 Å². The Morgan fingerprint density at radius 2 is 1.92 bits per heavy atom. The van der Waals surface area contributed by atoms with E-state index >= 15 is 0 Å². The van der Waals surface area contributed by atoms with E-state index in [2.05, 4.69) is 20.0 Å². The van der Waals surface area contributed by atoms with E-state index in [1.807, 2.05) is 43.1 Å². The van der Waals surface area contributed by atoms with Crippen LogP contribution in [-0.4, -0.2) is 14.7 Å². The zero-order chi connectivity index (χ0) is 25.7. The van der Waals surface area contributed by atoms with Crippen molar-refractivity contribution in [3.05, 3.63) is 91.8 Å². The van der Waals surface area contributed by atoms with Crippen molar-refractivity contribution in [3.63, 3.8) is 0 Å². The van der Waals surface area contributed by atoms with Gasteiger partial charge in [-0.1, -0.05) is 11.2 Å². The summed E-state index contributed by atoms with van der Waals surface area (Å²) in [6, 6.07) is 7.28. The normalized spacial score (nSPS) is 12.3. The van der Waals surface area contributed by atoms with Gasteiger partial charge in [0.1, 0.15) is 11.3 Å². The molecular formula is C26H22F2N4O4. The molecule has 2 aromatic carbocycles. The number of aryl methyl sites for hydroxylation is 2. The van der Waals surface area contributed by atoms with Gasteiger partial charge in [-0.05, 0) is 50.6 Å². The van der Waals surface area contributed by atoms with Crippen molar-refractivity contribution < 1.29 is 17.7 Å². The average molecular weight is 492 g/mol. The fourth-order valence-corrected chi connectivity index (χ4v) is 4.35. The van der Waals surface area contributed by atoms with Crippen LogP contribution in [0.1, 0.15) is 29.7 Å². The van der Waals surface area contributed by atoms with Gasteiger partial charge < -0.3 is 14.3 Å². The summed E-state index contributed by atoms with van der Waals surface area (Å²) in [5.74, 6) is -3.00. The third-order valence-electron chi connectivity index (χ3n) is 6.10. The van der Waals surface area contributed by atoms with E-state index in [1.54, 1.807) is 19.9 Å². The van der Waals surface area contributed by atoms with Crippen molar-refractivity contribution in [1.82, 2.24) is 14.7 Å². The number of nitrogens with zero attached hydrogens (tertiary/aromatic N) is 2. The molecule has 0 fully saturated rings. The second kappa shape index (κ2) is 8.63. The van der Waals surface area contributed by atoms with E-state index in [1.165, 1.54) is 6.07 Å². The van der Waals surface area contributed by atoms with Crippen LogP contribution in [0.4, 0.5) is 14.5 Å². The predicted molar refractivity (Wildman–Crippen MR) is 131 cm³/mol. The molecule has 10 heteroatoms. The quantitative estimate of drug-likeness (QED) is 0.349. The first kappa shape index (κ1) is 23.3. The molecule has 5 aromatic rings. The zero-order valence-corrected chi connectivity index (χ0v) is 19.9. The molecule has 184 valence electrons. The van der Waals surface area contributed by atoms with Crippen LogP contribution in [0.25, 0.3) is 33.7 Å². The van der Waals surface area contributed by atoms with Crippen LogP contribution < -0.4 is 16.5 Å². The highest BCUT2D eigenvalue weighted by atomic mass is 19.2. The Balaban J connectivity index is 1.66. The number of anilines is 1. The van der Waals surface area contributed by atoms with E-state index in [-0.39, 0.29) is 22.5 Å². The minimum atomic E-state index is -1.20. The molecule has 0 spiro atoms. The van der Waals surface area contributed by atoms with E-state index in [9.17, 15) is 18.4 Å². The van der Waals surface area contributed by atoms with E-state index in [4.69, 9.17) is 4.42 Å². The van der Waals surface area contributed by atoms with E-state index in [0.29, 0.717) is 27.9 Å². The highest BCUT2D eigenvalue weighted by molar-refractivity contribution is 5.85. The molecule has 5 rings (SSSR count). The summed E-state index contributed by atoms with van der Waals surface area (Å²) >= 11 is 0. The number of halogens is 2. The first-order valence-corrected chi connectivity index (χ1v) is 11.1. The third kappa shape index (κ3) is 3.90. The number of H-pyrrole nitrogens is 1. The second-order valence-corrected chi connectivity index (χ2v) is 8.78. The number of aromatic nitrogens is 3. The lowest BCUT2D eigenvalue weighted by Gasteiger charge is -2.20. The Hall–Kier alpha value is -4.47. The molecule has 0 amide bonds. The fourth-order valence-electron chi connectivity index (χ4n) is 4.35. The summed E-state index contributed by atoms with van der Waals surface area (Å²) in [7, 11) is 1.88. The minimum absolute atomic E-state index is 0.152. The maximum atomic E-state index is 14.8. The number of nitrogens with one attached hydrogen (secondary N) is 2. The van der Waals surface area contributed by atoms with E-state index < -0.39 is 23.4 Å². The SMILES string of the molecule is Cc1cc([C@@H](C)Nc2ccc(F)c(F)c2-c2noc(=O)[nH]2)c2oc(-c3ccn(C)c3)c(C)c(=O)c2c1. The Morgan fingerprint density at radius 1 is 1.14 bits per heavy atom. The first-order chi connectivity index (χ1) is 17.1. The van der Waals surface area contributed by atoms with Gasteiger partial charge in [-0.3, -0.25) is 14.3 Å². The number of hydrogen-bond acceptors (Lipinski definition) is 6. The molecule has 0 unspecified atom stereocenters. The summed E-state index contributed by atoms with van der Waals surface area (Å²) in [5, 5.41) is 7.07. The molecule has 0 aliphatic heterocycles. The van der Waals surface area contributed by atoms with Gasteiger partial charge in [0, 0.05) is 41.8 Å². The van der Waals surface area contributed by atoms with Gasteiger partial charge in [-0.15, -0.1) is 0 Å². The average Bonchev–Trinajstić information content (AvgIpc) is 3.46. The largest absolute Gasteiger partial charge is 0.455 e. The van der Waals surface area contributed by atoms with Gasteiger partial charge in [0.05, 0.1) is 17.0 Å². The number of fused-ring (bicyclic) bond motifs is 1. The highest BCUT2D eigenvalue weighted by Gasteiger charge is 2.23. The number of aromatic amines is 1. The zero-order valence-electron chi connectivity index (χ0n) is 19.9. The van der Waals surface area contributed by atoms with Gasteiger partial charge >= 0.3 is 5.76 Å². The van der Waals surface area contributed by atoms with Crippen molar-refractivity contribution in [1.29, 1.82) is 0 Å². The van der Waals surface area contributed by atoms with Gasteiger partial charge in [0.25, 0.3) is 0 Å².